The molecule has 0 saturated carbocycles. The average Bonchev–Trinajstić information content (AvgIpc) is 2.22. The Morgan fingerprint density at radius 1 is 1.50 bits per heavy atom. The molecule has 0 fully saturated rings. The molecule has 0 saturated heterocycles. The number of ether oxygens (including phenoxy) is 2. The molecule has 0 aliphatic carbocycles. The van der Waals surface area contributed by atoms with E-state index in [0.29, 0.717) is 0 Å². The van der Waals surface area contributed by atoms with Gasteiger partial charge in [0.05, 0.1) is 12.4 Å². The maximum atomic E-state index is 10.9. The molecule has 0 aromatic carbocycles. The van der Waals surface area contributed by atoms with Crippen molar-refractivity contribution >= 4 is 15.2 Å². The van der Waals surface area contributed by atoms with E-state index in [1.54, 1.807) is 0 Å². The molecule has 4 nitrogen and oxygen atoms in total. The molecule has 0 N–H and O–H groups in total. The Balaban J connectivity index is 3.89. The summed E-state index contributed by atoms with van der Waals surface area (Å²) in [5, 5.41) is 0. The Bertz CT molecular complexity index is 206. The molecule has 1 unspecified atom stereocenters. The Hall–Kier alpha value is -0.813. The predicted molar refractivity (Wildman–Crippen MR) is 65.9 cm³/mol. The lowest BCUT2D eigenvalue weighted by atomic mass is 10.2. The van der Waals surface area contributed by atoms with Gasteiger partial charge >= 0.3 is 6.16 Å². The van der Waals surface area contributed by atoms with Gasteiger partial charge in [-0.25, -0.2) is 4.79 Å². The van der Waals surface area contributed by atoms with E-state index < -0.39 is 15.2 Å². The molecule has 5 heteroatoms. The highest BCUT2D eigenvalue weighted by molar-refractivity contribution is 6.48. The molecule has 0 spiro atoms. The Morgan fingerprint density at radius 2 is 2.19 bits per heavy atom. The largest absolute Gasteiger partial charge is 0.513 e. The molecular formula is C11H22O4Si. The van der Waals surface area contributed by atoms with Crippen molar-refractivity contribution in [1.29, 1.82) is 0 Å². The predicted octanol–water partition coefficient (Wildman–Crippen LogP) is 2.84. The van der Waals surface area contributed by atoms with Crippen LogP contribution in [0.3, 0.4) is 0 Å². The first-order chi connectivity index (χ1) is 7.60. The summed E-state index contributed by atoms with van der Waals surface area (Å²) in [5.74, 6) is 0. The van der Waals surface area contributed by atoms with E-state index in [4.69, 9.17) is 9.16 Å². The number of hydrogen-bond acceptors (Lipinski definition) is 4. The van der Waals surface area contributed by atoms with Crippen LogP contribution < -0.4 is 0 Å². The van der Waals surface area contributed by atoms with Crippen LogP contribution in [0.2, 0.25) is 13.1 Å². The third kappa shape index (κ3) is 8.49. The van der Waals surface area contributed by atoms with Crippen molar-refractivity contribution in [2.24, 2.45) is 0 Å². The minimum Gasteiger partial charge on any atom is -0.431 e. The van der Waals surface area contributed by atoms with Crippen molar-refractivity contribution in [3.63, 3.8) is 0 Å². The minimum absolute atomic E-state index is 0.00369. The molecule has 0 bridgehead atoms. The number of unbranched alkanes of at least 4 members (excludes halogenated alkanes) is 1. The van der Waals surface area contributed by atoms with Crippen LogP contribution in [0.25, 0.3) is 0 Å². The van der Waals surface area contributed by atoms with Crippen molar-refractivity contribution in [1.82, 2.24) is 0 Å². The fraction of sp³-hybridized carbons (Fsp3) is 0.727. The smallest absolute Gasteiger partial charge is 0.431 e. The normalized spacial score (nSPS) is 12.2. The highest BCUT2D eigenvalue weighted by atomic mass is 28.3. The highest BCUT2D eigenvalue weighted by Gasteiger charge is 2.14. The van der Waals surface area contributed by atoms with Gasteiger partial charge in [0.1, 0.15) is 6.61 Å². The second kappa shape index (κ2) is 9.42. The SMILES string of the molecule is C=COC(=O)OCC(CCCC)O[SiH](C)C. The van der Waals surface area contributed by atoms with E-state index in [9.17, 15) is 4.79 Å². The first kappa shape index (κ1) is 15.2. The van der Waals surface area contributed by atoms with E-state index in [1.807, 2.05) is 0 Å². The van der Waals surface area contributed by atoms with Crippen LogP contribution in [0.5, 0.6) is 0 Å². The van der Waals surface area contributed by atoms with Crippen LogP contribution in [0.4, 0.5) is 4.79 Å². The third-order valence-corrected chi connectivity index (χ3v) is 2.84. The van der Waals surface area contributed by atoms with E-state index in [2.05, 4.69) is 31.3 Å². The zero-order valence-electron chi connectivity index (χ0n) is 10.4. The fourth-order valence-electron chi connectivity index (χ4n) is 1.27. The van der Waals surface area contributed by atoms with Crippen LogP contribution in [-0.2, 0) is 13.9 Å². The van der Waals surface area contributed by atoms with Crippen molar-refractivity contribution in [2.75, 3.05) is 6.61 Å². The third-order valence-electron chi connectivity index (χ3n) is 1.91. The maximum Gasteiger partial charge on any atom is 0.513 e. The van der Waals surface area contributed by atoms with Crippen molar-refractivity contribution in [3.8, 4) is 0 Å². The molecular weight excluding hydrogens is 224 g/mol. The number of carbonyl (C=O) groups excluding carboxylic acids is 1. The fourth-order valence-corrected chi connectivity index (χ4v) is 2.25. The monoisotopic (exact) mass is 246 g/mol. The molecule has 0 aromatic rings. The molecule has 94 valence electrons. The molecule has 0 heterocycles. The van der Waals surface area contributed by atoms with E-state index in [1.165, 1.54) is 0 Å². The first-order valence-electron chi connectivity index (χ1n) is 5.69. The molecule has 0 amide bonds. The summed E-state index contributed by atoms with van der Waals surface area (Å²) in [7, 11) is -1.10. The number of rotatable bonds is 8. The molecule has 16 heavy (non-hydrogen) atoms. The minimum atomic E-state index is -1.10. The standard InChI is InChI=1S/C11H22O4Si/c1-5-7-8-10(15-16(3)4)9-14-11(12)13-6-2/h6,10,16H,2,5,7-9H2,1,3-4H3. The molecule has 1 atom stereocenters. The Morgan fingerprint density at radius 3 is 2.69 bits per heavy atom. The first-order valence-corrected chi connectivity index (χ1v) is 8.48. The van der Waals surface area contributed by atoms with Gasteiger partial charge in [-0.15, -0.1) is 0 Å². The molecule has 0 aliphatic rings. The lowest BCUT2D eigenvalue weighted by molar-refractivity contribution is 0.0416. The van der Waals surface area contributed by atoms with Gasteiger partial charge < -0.3 is 13.9 Å². The van der Waals surface area contributed by atoms with Gasteiger partial charge in [-0.2, -0.15) is 0 Å². The van der Waals surface area contributed by atoms with E-state index in [0.717, 1.165) is 25.5 Å². The second-order valence-corrected chi connectivity index (χ2v) is 6.16. The zero-order chi connectivity index (χ0) is 12.4. The van der Waals surface area contributed by atoms with Crippen molar-refractivity contribution < 1.29 is 18.7 Å². The molecule has 0 radical (unpaired) electrons. The highest BCUT2D eigenvalue weighted by Crippen LogP contribution is 2.07. The van der Waals surface area contributed by atoms with E-state index >= 15 is 0 Å². The summed E-state index contributed by atoms with van der Waals surface area (Å²) in [6.45, 7) is 9.86. The summed E-state index contributed by atoms with van der Waals surface area (Å²) in [6, 6.07) is 0. The second-order valence-electron chi connectivity index (χ2n) is 3.79. The summed E-state index contributed by atoms with van der Waals surface area (Å²) < 4.78 is 15.1. The molecule has 0 aliphatic heterocycles. The number of carbonyl (C=O) groups is 1. The van der Waals surface area contributed by atoms with Crippen LogP contribution in [0.15, 0.2) is 12.8 Å². The van der Waals surface area contributed by atoms with Crippen molar-refractivity contribution in [2.45, 2.75) is 45.4 Å². The van der Waals surface area contributed by atoms with Crippen LogP contribution >= 0.6 is 0 Å². The van der Waals surface area contributed by atoms with Gasteiger partial charge in [0.2, 0.25) is 0 Å². The Kier molecular flexibility index (Phi) is 8.94. The lowest BCUT2D eigenvalue weighted by Gasteiger charge is -2.19. The van der Waals surface area contributed by atoms with Gasteiger partial charge in [-0.1, -0.05) is 26.3 Å². The molecule has 0 aromatic heterocycles. The van der Waals surface area contributed by atoms with Crippen LogP contribution in [0.1, 0.15) is 26.2 Å². The number of hydrogen-bond donors (Lipinski definition) is 0. The van der Waals surface area contributed by atoms with Crippen LogP contribution in [0, 0.1) is 0 Å². The van der Waals surface area contributed by atoms with Gasteiger partial charge in [0.25, 0.3) is 0 Å². The Labute approximate surface area is 99.3 Å². The summed E-state index contributed by atoms with van der Waals surface area (Å²) in [4.78, 5) is 10.9. The topological polar surface area (TPSA) is 44.8 Å². The summed E-state index contributed by atoms with van der Waals surface area (Å²) in [5.41, 5.74) is 0. The van der Waals surface area contributed by atoms with Crippen LogP contribution in [-0.4, -0.2) is 27.9 Å². The lowest BCUT2D eigenvalue weighted by Crippen LogP contribution is -2.27. The van der Waals surface area contributed by atoms with Gasteiger partial charge in [-0.3, -0.25) is 0 Å². The summed E-state index contributed by atoms with van der Waals surface area (Å²) >= 11 is 0. The average molecular weight is 246 g/mol. The summed E-state index contributed by atoms with van der Waals surface area (Å²) in [6.07, 6.45) is 3.45. The molecule has 0 rings (SSSR count). The van der Waals surface area contributed by atoms with Crippen molar-refractivity contribution in [3.05, 3.63) is 12.8 Å². The zero-order valence-corrected chi connectivity index (χ0v) is 11.6. The quantitative estimate of drug-likeness (QED) is 0.375. The van der Waals surface area contributed by atoms with E-state index in [-0.39, 0.29) is 12.7 Å². The maximum absolute atomic E-state index is 10.9. The van der Waals surface area contributed by atoms with Gasteiger partial charge in [0.15, 0.2) is 9.04 Å². The van der Waals surface area contributed by atoms with Gasteiger partial charge in [0, 0.05) is 0 Å². The van der Waals surface area contributed by atoms with Gasteiger partial charge in [-0.05, 0) is 19.5 Å².